The molecule has 0 fully saturated rings. The molecule has 0 radical (unpaired) electrons. The van der Waals surface area contributed by atoms with Crippen LogP contribution >= 0.6 is 15.9 Å². The van der Waals surface area contributed by atoms with Gasteiger partial charge < -0.3 is 5.11 Å². The van der Waals surface area contributed by atoms with Gasteiger partial charge in [0.1, 0.15) is 0 Å². The van der Waals surface area contributed by atoms with E-state index in [0.717, 1.165) is 17.3 Å². The SMILES string of the molecule is CCCC(C(C)O)n1cc(Br)cn1. The predicted molar refractivity (Wildman–Crippen MR) is 55.6 cm³/mol. The van der Waals surface area contributed by atoms with E-state index in [1.54, 1.807) is 13.1 Å². The van der Waals surface area contributed by atoms with Gasteiger partial charge in [0.05, 0.1) is 22.8 Å². The molecule has 2 atom stereocenters. The molecule has 0 aliphatic carbocycles. The van der Waals surface area contributed by atoms with Gasteiger partial charge in [0, 0.05) is 6.20 Å². The Morgan fingerprint density at radius 1 is 1.69 bits per heavy atom. The molecule has 0 spiro atoms. The van der Waals surface area contributed by atoms with Crippen molar-refractivity contribution in [1.82, 2.24) is 9.78 Å². The average molecular weight is 247 g/mol. The van der Waals surface area contributed by atoms with Gasteiger partial charge in [0.15, 0.2) is 0 Å². The van der Waals surface area contributed by atoms with E-state index in [4.69, 9.17) is 0 Å². The maximum Gasteiger partial charge on any atom is 0.0775 e. The third-order valence-electron chi connectivity index (χ3n) is 2.05. The lowest BCUT2D eigenvalue weighted by Crippen LogP contribution is -2.21. The average Bonchev–Trinajstić information content (AvgIpc) is 2.46. The first-order valence-corrected chi connectivity index (χ1v) is 5.32. The van der Waals surface area contributed by atoms with Crippen LogP contribution in [0.4, 0.5) is 0 Å². The van der Waals surface area contributed by atoms with Gasteiger partial charge in [0.25, 0.3) is 0 Å². The summed E-state index contributed by atoms with van der Waals surface area (Å²) < 4.78 is 2.77. The molecule has 1 N–H and O–H groups in total. The molecular formula is C9H15BrN2O. The maximum absolute atomic E-state index is 9.53. The van der Waals surface area contributed by atoms with Crippen LogP contribution in [0.3, 0.4) is 0 Å². The topological polar surface area (TPSA) is 38.0 Å². The van der Waals surface area contributed by atoms with Gasteiger partial charge in [-0.2, -0.15) is 5.10 Å². The Morgan fingerprint density at radius 3 is 2.77 bits per heavy atom. The number of hydrogen-bond donors (Lipinski definition) is 1. The van der Waals surface area contributed by atoms with E-state index in [1.165, 1.54) is 0 Å². The number of rotatable bonds is 4. The maximum atomic E-state index is 9.53. The fraction of sp³-hybridized carbons (Fsp3) is 0.667. The predicted octanol–water partition coefficient (Wildman–Crippen LogP) is 2.37. The lowest BCUT2D eigenvalue weighted by Gasteiger charge is -2.19. The highest BCUT2D eigenvalue weighted by atomic mass is 79.9. The van der Waals surface area contributed by atoms with Crippen molar-refractivity contribution in [2.45, 2.75) is 38.8 Å². The number of aromatic nitrogens is 2. The minimum atomic E-state index is -0.355. The van der Waals surface area contributed by atoms with E-state index >= 15 is 0 Å². The Balaban J connectivity index is 2.75. The highest BCUT2D eigenvalue weighted by Gasteiger charge is 2.16. The first-order chi connectivity index (χ1) is 6.15. The van der Waals surface area contributed by atoms with E-state index in [2.05, 4.69) is 28.0 Å². The standard InChI is InChI=1S/C9H15BrN2O/c1-3-4-9(7(2)13)12-6-8(10)5-11-12/h5-7,9,13H,3-4H2,1-2H3. The van der Waals surface area contributed by atoms with Gasteiger partial charge in [-0.3, -0.25) is 4.68 Å². The van der Waals surface area contributed by atoms with Gasteiger partial charge in [-0.05, 0) is 29.3 Å². The second kappa shape index (κ2) is 4.77. The molecule has 0 saturated carbocycles. The quantitative estimate of drug-likeness (QED) is 0.886. The fourth-order valence-electron chi connectivity index (χ4n) is 1.39. The second-order valence-corrected chi connectivity index (χ2v) is 4.15. The van der Waals surface area contributed by atoms with Crippen LogP contribution in [0.1, 0.15) is 32.7 Å². The van der Waals surface area contributed by atoms with Gasteiger partial charge in [0.2, 0.25) is 0 Å². The molecule has 2 unspecified atom stereocenters. The second-order valence-electron chi connectivity index (χ2n) is 3.24. The molecule has 1 heterocycles. The van der Waals surface area contributed by atoms with Crippen molar-refractivity contribution in [3.05, 3.63) is 16.9 Å². The summed E-state index contributed by atoms with van der Waals surface area (Å²) in [6, 6.07) is 0.0938. The van der Waals surface area contributed by atoms with E-state index in [0.29, 0.717) is 0 Å². The molecular weight excluding hydrogens is 232 g/mol. The van der Waals surface area contributed by atoms with Gasteiger partial charge in [-0.25, -0.2) is 0 Å². The van der Waals surface area contributed by atoms with Crippen LogP contribution in [-0.4, -0.2) is 21.0 Å². The van der Waals surface area contributed by atoms with Crippen LogP contribution in [0.5, 0.6) is 0 Å². The van der Waals surface area contributed by atoms with Crippen LogP contribution < -0.4 is 0 Å². The summed E-state index contributed by atoms with van der Waals surface area (Å²) in [5.74, 6) is 0. The molecule has 0 saturated heterocycles. The van der Waals surface area contributed by atoms with Crippen molar-refractivity contribution in [2.24, 2.45) is 0 Å². The van der Waals surface area contributed by atoms with Crippen molar-refractivity contribution in [3.63, 3.8) is 0 Å². The first kappa shape index (κ1) is 10.7. The molecule has 0 aliphatic heterocycles. The van der Waals surface area contributed by atoms with E-state index in [1.807, 2.05) is 10.9 Å². The molecule has 0 bridgehead atoms. The molecule has 0 aromatic carbocycles. The Morgan fingerprint density at radius 2 is 2.38 bits per heavy atom. The normalized spacial score (nSPS) is 15.7. The van der Waals surface area contributed by atoms with Gasteiger partial charge in [-0.15, -0.1) is 0 Å². The van der Waals surface area contributed by atoms with E-state index in [-0.39, 0.29) is 12.1 Å². The summed E-state index contributed by atoms with van der Waals surface area (Å²) in [6.45, 7) is 3.91. The number of halogens is 1. The molecule has 74 valence electrons. The van der Waals surface area contributed by atoms with Crippen LogP contribution in [0.25, 0.3) is 0 Å². The summed E-state index contributed by atoms with van der Waals surface area (Å²) >= 11 is 3.34. The Labute approximate surface area is 86.9 Å². The molecule has 4 heteroatoms. The first-order valence-electron chi connectivity index (χ1n) is 4.53. The minimum Gasteiger partial charge on any atom is -0.391 e. The van der Waals surface area contributed by atoms with Crippen molar-refractivity contribution >= 4 is 15.9 Å². The van der Waals surface area contributed by atoms with Crippen molar-refractivity contribution < 1.29 is 5.11 Å². The molecule has 3 nitrogen and oxygen atoms in total. The van der Waals surface area contributed by atoms with Crippen molar-refractivity contribution in [1.29, 1.82) is 0 Å². The van der Waals surface area contributed by atoms with Crippen LogP contribution in [0.15, 0.2) is 16.9 Å². The minimum absolute atomic E-state index is 0.0938. The Bertz CT molecular complexity index is 260. The van der Waals surface area contributed by atoms with Crippen LogP contribution in [0.2, 0.25) is 0 Å². The number of aliphatic hydroxyl groups excluding tert-OH is 1. The summed E-state index contributed by atoms with van der Waals surface area (Å²) in [6.07, 6.45) is 5.28. The third-order valence-corrected chi connectivity index (χ3v) is 2.46. The van der Waals surface area contributed by atoms with E-state index < -0.39 is 0 Å². The lowest BCUT2D eigenvalue weighted by atomic mass is 10.1. The number of aliphatic hydroxyl groups is 1. The van der Waals surface area contributed by atoms with E-state index in [9.17, 15) is 5.11 Å². The Hall–Kier alpha value is -0.350. The molecule has 1 rings (SSSR count). The summed E-state index contributed by atoms with van der Waals surface area (Å²) in [5.41, 5.74) is 0. The summed E-state index contributed by atoms with van der Waals surface area (Å²) in [7, 11) is 0. The van der Waals surface area contributed by atoms with Crippen LogP contribution in [0, 0.1) is 0 Å². The molecule has 1 aromatic heterocycles. The largest absolute Gasteiger partial charge is 0.391 e. The molecule has 0 aliphatic rings. The van der Waals surface area contributed by atoms with Crippen molar-refractivity contribution in [2.75, 3.05) is 0 Å². The zero-order valence-corrected chi connectivity index (χ0v) is 9.53. The van der Waals surface area contributed by atoms with Crippen LogP contribution in [-0.2, 0) is 0 Å². The highest BCUT2D eigenvalue weighted by Crippen LogP contribution is 2.19. The van der Waals surface area contributed by atoms with Crippen molar-refractivity contribution in [3.8, 4) is 0 Å². The third kappa shape index (κ3) is 2.81. The number of hydrogen-bond acceptors (Lipinski definition) is 2. The molecule has 13 heavy (non-hydrogen) atoms. The zero-order valence-electron chi connectivity index (χ0n) is 7.94. The molecule has 0 amide bonds. The summed E-state index contributed by atoms with van der Waals surface area (Å²) in [4.78, 5) is 0. The fourth-order valence-corrected chi connectivity index (χ4v) is 1.69. The smallest absolute Gasteiger partial charge is 0.0775 e. The Kier molecular flexibility index (Phi) is 3.93. The van der Waals surface area contributed by atoms with Gasteiger partial charge in [-0.1, -0.05) is 13.3 Å². The monoisotopic (exact) mass is 246 g/mol. The highest BCUT2D eigenvalue weighted by molar-refractivity contribution is 9.10. The van der Waals surface area contributed by atoms with Gasteiger partial charge >= 0.3 is 0 Å². The lowest BCUT2D eigenvalue weighted by molar-refractivity contribution is 0.117. The zero-order chi connectivity index (χ0) is 9.84. The molecule has 1 aromatic rings. The number of nitrogens with zero attached hydrogens (tertiary/aromatic N) is 2. The summed E-state index contributed by atoms with van der Waals surface area (Å²) in [5, 5.41) is 13.7.